The van der Waals surface area contributed by atoms with E-state index in [2.05, 4.69) is 41.7 Å². The molecule has 3 atom stereocenters. The summed E-state index contributed by atoms with van der Waals surface area (Å²) in [6.07, 6.45) is 5.62. The summed E-state index contributed by atoms with van der Waals surface area (Å²) in [6, 6.07) is 14.5. The minimum Gasteiger partial charge on any atom is -0.378 e. The lowest BCUT2D eigenvalue weighted by atomic mass is 9.76. The molecule has 0 saturated carbocycles. The van der Waals surface area contributed by atoms with Crippen LogP contribution in [0.15, 0.2) is 54.6 Å². The Morgan fingerprint density at radius 3 is 2.59 bits per heavy atom. The molecule has 0 aromatic heterocycles. The van der Waals surface area contributed by atoms with Crippen LogP contribution >= 0.6 is 11.6 Å². The van der Waals surface area contributed by atoms with Gasteiger partial charge in [-0.3, -0.25) is 4.79 Å². The van der Waals surface area contributed by atoms with Gasteiger partial charge in [0.2, 0.25) is 0 Å². The topological polar surface area (TPSA) is 32.3 Å². The molecule has 27 heavy (non-hydrogen) atoms. The standard InChI is InChI=1S/C23H25ClN2O/c1-3-26(4-2)23(27)16-10-13-21-20(14-16)18-6-5-7-19(18)22(25-21)15-8-11-17(24)12-9-15/h5-6,8-14,18-19,22,25H,3-4,7H2,1-2H3/t18-,19+,22+/m1/s1. The number of fused-ring (bicyclic) bond motifs is 3. The van der Waals surface area contributed by atoms with Gasteiger partial charge in [-0.1, -0.05) is 35.9 Å². The number of nitrogens with zero attached hydrogens (tertiary/aromatic N) is 1. The molecule has 140 valence electrons. The van der Waals surface area contributed by atoms with Gasteiger partial charge in [0.1, 0.15) is 0 Å². The summed E-state index contributed by atoms with van der Waals surface area (Å²) in [4.78, 5) is 14.6. The van der Waals surface area contributed by atoms with Gasteiger partial charge in [0.05, 0.1) is 6.04 Å². The van der Waals surface area contributed by atoms with Crippen LogP contribution in [0, 0.1) is 5.92 Å². The minimum absolute atomic E-state index is 0.112. The van der Waals surface area contributed by atoms with Gasteiger partial charge >= 0.3 is 0 Å². The molecule has 1 aliphatic heterocycles. The molecule has 1 aliphatic carbocycles. The maximum absolute atomic E-state index is 12.8. The van der Waals surface area contributed by atoms with Crippen LogP contribution in [0.4, 0.5) is 5.69 Å². The van der Waals surface area contributed by atoms with E-state index in [0.717, 1.165) is 35.8 Å². The van der Waals surface area contributed by atoms with Gasteiger partial charge in [0.25, 0.3) is 5.91 Å². The lowest BCUT2D eigenvalue weighted by molar-refractivity contribution is 0.0773. The predicted molar refractivity (Wildman–Crippen MR) is 111 cm³/mol. The zero-order valence-corrected chi connectivity index (χ0v) is 16.5. The van der Waals surface area contributed by atoms with Crippen LogP contribution in [0.1, 0.15) is 53.7 Å². The van der Waals surface area contributed by atoms with Crippen LogP contribution in [0.3, 0.4) is 0 Å². The van der Waals surface area contributed by atoms with E-state index in [4.69, 9.17) is 11.6 Å². The maximum atomic E-state index is 12.8. The lowest BCUT2D eigenvalue weighted by Crippen LogP contribution is -2.32. The number of amides is 1. The molecule has 0 radical (unpaired) electrons. The van der Waals surface area contributed by atoms with Gasteiger partial charge < -0.3 is 10.2 Å². The first kappa shape index (κ1) is 18.1. The second-order valence-electron chi connectivity index (χ2n) is 7.31. The van der Waals surface area contributed by atoms with E-state index >= 15 is 0 Å². The molecule has 2 aliphatic rings. The normalized spacial score (nSPS) is 22.7. The fourth-order valence-corrected chi connectivity index (χ4v) is 4.55. The van der Waals surface area contributed by atoms with Gasteiger partial charge in [0.15, 0.2) is 0 Å². The average Bonchev–Trinajstić information content (AvgIpc) is 3.19. The number of hydrogen-bond donors (Lipinski definition) is 1. The van der Waals surface area contributed by atoms with Crippen LogP contribution in [-0.4, -0.2) is 23.9 Å². The molecule has 4 heteroatoms. The Bertz CT molecular complexity index is 870. The van der Waals surface area contributed by atoms with E-state index in [1.165, 1.54) is 11.1 Å². The molecule has 0 bridgehead atoms. The van der Waals surface area contributed by atoms with Gasteiger partial charge in [-0.25, -0.2) is 0 Å². The third kappa shape index (κ3) is 3.25. The van der Waals surface area contributed by atoms with E-state index < -0.39 is 0 Å². The molecule has 0 spiro atoms. The average molecular weight is 381 g/mol. The van der Waals surface area contributed by atoms with Crippen molar-refractivity contribution in [2.24, 2.45) is 5.92 Å². The second kappa shape index (κ2) is 7.40. The van der Waals surface area contributed by atoms with Crippen molar-refractivity contribution in [1.29, 1.82) is 0 Å². The van der Waals surface area contributed by atoms with Crippen molar-refractivity contribution in [3.63, 3.8) is 0 Å². The molecular weight excluding hydrogens is 356 g/mol. The van der Waals surface area contributed by atoms with Gasteiger partial charge in [-0.2, -0.15) is 0 Å². The Hall–Kier alpha value is -2.26. The molecule has 4 rings (SSSR count). The molecule has 0 unspecified atom stereocenters. The highest BCUT2D eigenvalue weighted by molar-refractivity contribution is 6.30. The Balaban J connectivity index is 1.69. The molecule has 1 N–H and O–H groups in total. The zero-order chi connectivity index (χ0) is 19.0. The third-order valence-electron chi connectivity index (χ3n) is 5.89. The van der Waals surface area contributed by atoms with Crippen molar-refractivity contribution >= 4 is 23.2 Å². The summed E-state index contributed by atoms with van der Waals surface area (Å²) in [5.41, 5.74) is 4.39. The summed E-state index contributed by atoms with van der Waals surface area (Å²) in [5.74, 6) is 0.907. The van der Waals surface area contributed by atoms with E-state index in [-0.39, 0.29) is 11.9 Å². The van der Waals surface area contributed by atoms with Gasteiger partial charge in [-0.15, -0.1) is 0 Å². The number of allylic oxidation sites excluding steroid dienone is 2. The molecule has 2 aromatic rings. The van der Waals surface area contributed by atoms with Crippen LogP contribution < -0.4 is 5.32 Å². The monoisotopic (exact) mass is 380 g/mol. The number of rotatable bonds is 4. The van der Waals surface area contributed by atoms with Crippen molar-refractivity contribution in [2.75, 3.05) is 18.4 Å². The Labute approximate surface area is 166 Å². The molecule has 1 heterocycles. The van der Waals surface area contributed by atoms with E-state index in [0.29, 0.717) is 11.8 Å². The Morgan fingerprint density at radius 2 is 1.89 bits per heavy atom. The number of halogens is 1. The van der Waals surface area contributed by atoms with E-state index in [1.807, 2.05) is 36.9 Å². The van der Waals surface area contributed by atoms with E-state index in [1.54, 1.807) is 0 Å². The van der Waals surface area contributed by atoms with E-state index in [9.17, 15) is 4.79 Å². The lowest BCUT2D eigenvalue weighted by Gasteiger charge is -2.38. The summed E-state index contributed by atoms with van der Waals surface area (Å²) in [5, 5.41) is 4.48. The number of nitrogens with one attached hydrogen (secondary N) is 1. The third-order valence-corrected chi connectivity index (χ3v) is 6.14. The Morgan fingerprint density at radius 1 is 1.15 bits per heavy atom. The van der Waals surface area contributed by atoms with Crippen molar-refractivity contribution in [3.05, 3.63) is 76.3 Å². The summed E-state index contributed by atoms with van der Waals surface area (Å²) >= 11 is 6.07. The summed E-state index contributed by atoms with van der Waals surface area (Å²) in [6.45, 7) is 5.51. The van der Waals surface area contributed by atoms with Crippen molar-refractivity contribution in [2.45, 2.75) is 32.2 Å². The number of anilines is 1. The zero-order valence-electron chi connectivity index (χ0n) is 15.8. The van der Waals surface area contributed by atoms with Gasteiger partial charge in [0, 0.05) is 35.3 Å². The number of carbonyl (C=O) groups is 1. The smallest absolute Gasteiger partial charge is 0.253 e. The fraction of sp³-hybridized carbons (Fsp3) is 0.348. The second-order valence-corrected chi connectivity index (χ2v) is 7.74. The molecule has 2 aromatic carbocycles. The molecule has 0 saturated heterocycles. The molecular formula is C23H25ClN2O. The SMILES string of the molecule is CCN(CC)C(=O)c1ccc2c(c1)[C@@H]1C=CC[C@@H]1[C@H](c1ccc(Cl)cc1)N2. The fourth-order valence-electron chi connectivity index (χ4n) is 4.42. The number of hydrogen-bond acceptors (Lipinski definition) is 2. The highest BCUT2D eigenvalue weighted by Crippen LogP contribution is 2.50. The quantitative estimate of drug-likeness (QED) is 0.695. The van der Waals surface area contributed by atoms with Crippen molar-refractivity contribution in [3.8, 4) is 0 Å². The summed E-state index contributed by atoms with van der Waals surface area (Å²) in [7, 11) is 0. The molecule has 1 amide bonds. The first-order valence-electron chi connectivity index (χ1n) is 9.74. The van der Waals surface area contributed by atoms with Crippen LogP contribution in [0.2, 0.25) is 5.02 Å². The first-order valence-corrected chi connectivity index (χ1v) is 10.1. The highest BCUT2D eigenvalue weighted by atomic mass is 35.5. The molecule has 3 nitrogen and oxygen atoms in total. The largest absolute Gasteiger partial charge is 0.378 e. The van der Waals surface area contributed by atoms with Crippen LogP contribution in [0.25, 0.3) is 0 Å². The predicted octanol–water partition coefficient (Wildman–Crippen LogP) is 5.65. The highest BCUT2D eigenvalue weighted by Gasteiger charge is 2.38. The number of carbonyl (C=O) groups excluding carboxylic acids is 1. The maximum Gasteiger partial charge on any atom is 0.253 e. The van der Waals surface area contributed by atoms with Crippen molar-refractivity contribution < 1.29 is 4.79 Å². The van der Waals surface area contributed by atoms with Crippen LogP contribution in [0.5, 0.6) is 0 Å². The molecule has 0 fully saturated rings. The summed E-state index contributed by atoms with van der Waals surface area (Å²) < 4.78 is 0. The van der Waals surface area contributed by atoms with Crippen LogP contribution in [-0.2, 0) is 0 Å². The first-order chi connectivity index (χ1) is 13.1. The minimum atomic E-state index is 0.112. The number of benzene rings is 2. The Kier molecular flexibility index (Phi) is 4.96. The van der Waals surface area contributed by atoms with Crippen molar-refractivity contribution in [1.82, 2.24) is 4.90 Å². The van der Waals surface area contributed by atoms with Gasteiger partial charge in [-0.05, 0) is 67.6 Å².